The molecule has 1 aliphatic rings. The van der Waals surface area contributed by atoms with Crippen molar-refractivity contribution in [2.45, 2.75) is 52.2 Å². The predicted octanol–water partition coefficient (Wildman–Crippen LogP) is 3.67. The molecule has 0 aromatic heterocycles. The van der Waals surface area contributed by atoms with Gasteiger partial charge in [0, 0.05) is 18.3 Å². The number of nitrogens with one attached hydrogen (secondary N) is 1. The fraction of sp³-hybridized carbons (Fsp3) is 0.600. The molecular weight excluding hydrogens is 210 g/mol. The van der Waals surface area contributed by atoms with Gasteiger partial charge < -0.3 is 10.1 Å². The largest absolute Gasteiger partial charge is 0.382 e. The van der Waals surface area contributed by atoms with Crippen LogP contribution >= 0.6 is 0 Å². The highest BCUT2D eigenvalue weighted by Crippen LogP contribution is 2.24. The van der Waals surface area contributed by atoms with Crippen LogP contribution in [-0.2, 0) is 4.74 Å². The molecule has 2 heteroatoms. The quantitative estimate of drug-likeness (QED) is 0.860. The first-order valence-electron chi connectivity index (χ1n) is 6.65. The van der Waals surface area contributed by atoms with Crippen LogP contribution in [0.5, 0.6) is 0 Å². The average Bonchev–Trinajstić information content (AvgIpc) is 2.35. The van der Waals surface area contributed by atoms with Crippen molar-refractivity contribution in [1.29, 1.82) is 0 Å². The molecule has 1 fully saturated rings. The number of rotatable bonds is 3. The lowest BCUT2D eigenvalue weighted by Crippen LogP contribution is -2.33. The van der Waals surface area contributed by atoms with Crippen LogP contribution in [0.1, 0.15) is 37.3 Å². The Kier molecular flexibility index (Phi) is 4.06. The highest BCUT2D eigenvalue weighted by molar-refractivity contribution is 5.54. The number of anilines is 1. The molecule has 1 N–H and O–H groups in total. The van der Waals surface area contributed by atoms with E-state index in [1.165, 1.54) is 16.8 Å². The summed E-state index contributed by atoms with van der Waals surface area (Å²) >= 11 is 0. The fourth-order valence-corrected chi connectivity index (χ4v) is 2.42. The molecule has 2 nitrogen and oxygen atoms in total. The highest BCUT2D eigenvalue weighted by Gasteiger charge is 2.21. The zero-order valence-electron chi connectivity index (χ0n) is 11.1. The molecule has 0 spiro atoms. The van der Waals surface area contributed by atoms with Crippen LogP contribution in [0, 0.1) is 13.8 Å². The van der Waals surface area contributed by atoms with E-state index in [9.17, 15) is 0 Å². The molecule has 2 atom stereocenters. The van der Waals surface area contributed by atoms with Crippen molar-refractivity contribution in [1.82, 2.24) is 0 Å². The minimum absolute atomic E-state index is 0.436. The summed E-state index contributed by atoms with van der Waals surface area (Å²) in [4.78, 5) is 0. The highest BCUT2D eigenvalue weighted by atomic mass is 16.5. The van der Waals surface area contributed by atoms with Gasteiger partial charge in [-0.1, -0.05) is 19.1 Å². The molecule has 0 saturated carbocycles. The van der Waals surface area contributed by atoms with Crippen LogP contribution in [0.15, 0.2) is 18.2 Å². The van der Waals surface area contributed by atoms with Gasteiger partial charge in [0.2, 0.25) is 0 Å². The lowest BCUT2D eigenvalue weighted by Gasteiger charge is -2.30. The second-order valence-corrected chi connectivity index (χ2v) is 5.01. The Labute approximate surface area is 104 Å². The monoisotopic (exact) mass is 233 g/mol. The minimum atomic E-state index is 0.436. The Morgan fingerprint density at radius 2 is 2.18 bits per heavy atom. The van der Waals surface area contributed by atoms with Crippen LogP contribution in [0.4, 0.5) is 5.69 Å². The maximum Gasteiger partial charge on any atom is 0.0592 e. The number of hydrogen-bond donors (Lipinski definition) is 1. The van der Waals surface area contributed by atoms with Gasteiger partial charge in [0.15, 0.2) is 0 Å². The van der Waals surface area contributed by atoms with Crippen LogP contribution in [0.25, 0.3) is 0 Å². The summed E-state index contributed by atoms with van der Waals surface area (Å²) < 4.78 is 5.71. The van der Waals surface area contributed by atoms with Gasteiger partial charge in [-0.15, -0.1) is 0 Å². The zero-order valence-corrected chi connectivity index (χ0v) is 11.1. The maximum atomic E-state index is 5.71. The number of benzene rings is 1. The van der Waals surface area contributed by atoms with Crippen LogP contribution < -0.4 is 5.32 Å². The van der Waals surface area contributed by atoms with E-state index in [-0.39, 0.29) is 0 Å². The second-order valence-electron chi connectivity index (χ2n) is 5.01. The van der Waals surface area contributed by atoms with Crippen molar-refractivity contribution < 1.29 is 4.74 Å². The Hall–Kier alpha value is -1.02. The van der Waals surface area contributed by atoms with E-state index in [1.54, 1.807) is 0 Å². The summed E-state index contributed by atoms with van der Waals surface area (Å²) in [6.07, 6.45) is 3.80. The van der Waals surface area contributed by atoms with Gasteiger partial charge in [-0.3, -0.25) is 0 Å². The first kappa shape index (κ1) is 12.4. The molecule has 0 aliphatic carbocycles. The van der Waals surface area contributed by atoms with E-state index in [4.69, 9.17) is 4.74 Å². The molecule has 0 radical (unpaired) electrons. The molecule has 94 valence electrons. The van der Waals surface area contributed by atoms with E-state index < -0.39 is 0 Å². The summed E-state index contributed by atoms with van der Waals surface area (Å²) in [7, 11) is 0. The summed E-state index contributed by atoms with van der Waals surface area (Å²) in [5, 5.41) is 3.67. The number of aryl methyl sites for hydroxylation is 1. The van der Waals surface area contributed by atoms with Crippen LogP contribution in [0.3, 0.4) is 0 Å². The molecule has 0 bridgehead atoms. The van der Waals surface area contributed by atoms with E-state index >= 15 is 0 Å². The average molecular weight is 233 g/mol. The van der Waals surface area contributed by atoms with Gasteiger partial charge in [0.05, 0.1) is 6.10 Å². The summed E-state index contributed by atoms with van der Waals surface area (Å²) in [5.74, 6) is 0. The number of hydrogen-bond acceptors (Lipinski definition) is 2. The van der Waals surface area contributed by atoms with Crippen molar-refractivity contribution in [2.24, 2.45) is 0 Å². The molecule has 1 saturated heterocycles. The molecule has 1 aromatic rings. The Balaban J connectivity index is 2.02. The predicted molar refractivity (Wildman–Crippen MR) is 72.6 cm³/mol. The zero-order chi connectivity index (χ0) is 12.3. The van der Waals surface area contributed by atoms with Gasteiger partial charge in [-0.25, -0.2) is 0 Å². The molecule has 17 heavy (non-hydrogen) atoms. The molecule has 1 heterocycles. The van der Waals surface area contributed by atoms with E-state index in [1.807, 2.05) is 0 Å². The first-order chi connectivity index (χ1) is 8.20. The second kappa shape index (κ2) is 5.54. The van der Waals surface area contributed by atoms with Crippen molar-refractivity contribution in [3.05, 3.63) is 29.3 Å². The van der Waals surface area contributed by atoms with Gasteiger partial charge in [-0.05, 0) is 50.3 Å². The Bertz CT molecular complexity index is 375. The van der Waals surface area contributed by atoms with Crippen LogP contribution in [-0.4, -0.2) is 18.8 Å². The lowest BCUT2D eigenvalue weighted by molar-refractivity contribution is 0.00925. The Morgan fingerprint density at radius 3 is 2.94 bits per heavy atom. The minimum Gasteiger partial charge on any atom is -0.382 e. The van der Waals surface area contributed by atoms with Crippen molar-refractivity contribution >= 4 is 5.69 Å². The molecule has 1 aromatic carbocycles. The first-order valence-corrected chi connectivity index (χ1v) is 6.65. The SMILES string of the molecule is CCC1CC(Nc2cccc(C)c2C)CCO1. The van der Waals surface area contributed by atoms with Crippen molar-refractivity contribution in [3.8, 4) is 0 Å². The Morgan fingerprint density at radius 1 is 1.35 bits per heavy atom. The van der Waals surface area contributed by atoms with Gasteiger partial charge in [0.1, 0.15) is 0 Å². The molecule has 1 aliphatic heterocycles. The summed E-state index contributed by atoms with van der Waals surface area (Å²) in [5.41, 5.74) is 4.01. The molecule has 2 rings (SSSR count). The van der Waals surface area contributed by atoms with Gasteiger partial charge in [0.25, 0.3) is 0 Å². The van der Waals surface area contributed by atoms with Gasteiger partial charge >= 0.3 is 0 Å². The smallest absolute Gasteiger partial charge is 0.0592 e. The third-order valence-electron chi connectivity index (χ3n) is 3.79. The van der Waals surface area contributed by atoms with E-state index in [0.717, 1.165) is 25.9 Å². The topological polar surface area (TPSA) is 21.3 Å². The normalized spacial score (nSPS) is 24.6. The molecule has 0 amide bonds. The molecule has 2 unspecified atom stereocenters. The number of ether oxygens (including phenoxy) is 1. The third kappa shape index (κ3) is 3.01. The summed E-state index contributed by atoms with van der Waals surface area (Å²) in [6, 6.07) is 7.04. The van der Waals surface area contributed by atoms with Crippen molar-refractivity contribution in [2.75, 3.05) is 11.9 Å². The lowest BCUT2D eigenvalue weighted by atomic mass is 10.00. The van der Waals surface area contributed by atoms with Gasteiger partial charge in [-0.2, -0.15) is 0 Å². The maximum absolute atomic E-state index is 5.71. The van der Waals surface area contributed by atoms with E-state index in [2.05, 4.69) is 44.3 Å². The van der Waals surface area contributed by atoms with Crippen LogP contribution in [0.2, 0.25) is 0 Å². The molecular formula is C15H23NO. The standard InChI is InChI=1S/C15H23NO/c1-4-14-10-13(8-9-17-14)16-15-7-5-6-11(2)12(15)3/h5-7,13-14,16H,4,8-10H2,1-3H3. The van der Waals surface area contributed by atoms with Crippen molar-refractivity contribution in [3.63, 3.8) is 0 Å². The third-order valence-corrected chi connectivity index (χ3v) is 3.79. The van der Waals surface area contributed by atoms with E-state index in [0.29, 0.717) is 12.1 Å². The fourth-order valence-electron chi connectivity index (χ4n) is 2.42. The summed E-state index contributed by atoms with van der Waals surface area (Å²) in [6.45, 7) is 7.44.